The maximum Gasteiger partial charge on any atom is 0.121 e. The Bertz CT molecular complexity index is 511. The lowest BCUT2D eigenvalue weighted by molar-refractivity contribution is 0.312. The molecule has 0 aromatic heterocycles. The number of nitriles is 1. The second-order valence-corrected chi connectivity index (χ2v) is 5.92. The SMILES string of the molecule is N#CCCCOc1cccc(NC2CCN3CCCC23)c1. The summed E-state index contributed by atoms with van der Waals surface area (Å²) < 4.78 is 5.70. The van der Waals surface area contributed by atoms with E-state index >= 15 is 0 Å². The number of ether oxygens (including phenoxy) is 1. The number of hydrogen-bond donors (Lipinski definition) is 1. The topological polar surface area (TPSA) is 48.3 Å². The molecule has 0 saturated carbocycles. The molecule has 2 heterocycles. The van der Waals surface area contributed by atoms with Crippen LogP contribution in [0, 0.1) is 11.3 Å². The summed E-state index contributed by atoms with van der Waals surface area (Å²) >= 11 is 0. The number of fused-ring (bicyclic) bond motifs is 1. The highest BCUT2D eigenvalue weighted by Crippen LogP contribution is 2.30. The van der Waals surface area contributed by atoms with Crippen LogP contribution in [0.1, 0.15) is 32.1 Å². The molecule has 0 amide bonds. The lowest BCUT2D eigenvalue weighted by atomic mass is 10.1. The van der Waals surface area contributed by atoms with Crippen molar-refractivity contribution in [2.75, 3.05) is 25.0 Å². The van der Waals surface area contributed by atoms with Crippen molar-refractivity contribution >= 4 is 5.69 Å². The molecule has 0 aliphatic carbocycles. The second kappa shape index (κ2) is 6.82. The van der Waals surface area contributed by atoms with Crippen LogP contribution in [0.5, 0.6) is 5.75 Å². The Morgan fingerprint density at radius 2 is 2.29 bits per heavy atom. The molecule has 0 radical (unpaired) electrons. The highest BCUT2D eigenvalue weighted by atomic mass is 16.5. The van der Waals surface area contributed by atoms with Crippen molar-refractivity contribution in [2.24, 2.45) is 0 Å². The zero-order chi connectivity index (χ0) is 14.5. The van der Waals surface area contributed by atoms with Crippen LogP contribution in [0.15, 0.2) is 24.3 Å². The first-order valence-electron chi connectivity index (χ1n) is 7.97. The van der Waals surface area contributed by atoms with E-state index in [2.05, 4.69) is 28.4 Å². The standard InChI is InChI=1S/C17H23N3O/c18-9-1-2-12-21-15-6-3-5-14(13-15)19-16-8-11-20-10-4-7-17(16)20/h3,5-6,13,16-17,19H,1-2,4,7-8,10-12H2. The summed E-state index contributed by atoms with van der Waals surface area (Å²) in [6.45, 7) is 3.11. The van der Waals surface area contributed by atoms with E-state index < -0.39 is 0 Å². The molecule has 2 aliphatic rings. The molecule has 1 aromatic carbocycles. The van der Waals surface area contributed by atoms with Gasteiger partial charge in [0.15, 0.2) is 0 Å². The van der Waals surface area contributed by atoms with E-state index in [1.807, 2.05) is 12.1 Å². The number of benzene rings is 1. The number of unbranched alkanes of at least 4 members (excludes halogenated alkanes) is 1. The molecule has 0 bridgehead atoms. The predicted octanol–water partition coefficient (Wildman–Crippen LogP) is 3.02. The summed E-state index contributed by atoms with van der Waals surface area (Å²) in [5, 5.41) is 12.2. The first kappa shape index (κ1) is 14.2. The smallest absolute Gasteiger partial charge is 0.121 e. The fourth-order valence-electron chi connectivity index (χ4n) is 3.48. The van der Waals surface area contributed by atoms with Gasteiger partial charge in [-0.15, -0.1) is 0 Å². The van der Waals surface area contributed by atoms with Gasteiger partial charge in [0.25, 0.3) is 0 Å². The monoisotopic (exact) mass is 285 g/mol. The van der Waals surface area contributed by atoms with Gasteiger partial charge in [-0.05, 0) is 44.4 Å². The van der Waals surface area contributed by atoms with Crippen LogP contribution in [0.2, 0.25) is 0 Å². The Labute approximate surface area is 126 Å². The third-order valence-electron chi connectivity index (χ3n) is 4.49. The summed E-state index contributed by atoms with van der Waals surface area (Å²) in [6.07, 6.45) is 5.23. The molecule has 1 aromatic rings. The van der Waals surface area contributed by atoms with Gasteiger partial charge < -0.3 is 10.1 Å². The molecule has 112 valence electrons. The van der Waals surface area contributed by atoms with Crippen molar-refractivity contribution in [1.82, 2.24) is 4.90 Å². The molecule has 4 heteroatoms. The highest BCUT2D eigenvalue weighted by molar-refractivity contribution is 5.49. The van der Waals surface area contributed by atoms with E-state index in [9.17, 15) is 0 Å². The quantitative estimate of drug-likeness (QED) is 0.816. The van der Waals surface area contributed by atoms with Gasteiger partial charge in [0.2, 0.25) is 0 Å². The third-order valence-corrected chi connectivity index (χ3v) is 4.49. The zero-order valence-electron chi connectivity index (χ0n) is 12.4. The van der Waals surface area contributed by atoms with Gasteiger partial charge in [-0.2, -0.15) is 5.26 Å². The number of rotatable bonds is 6. The van der Waals surface area contributed by atoms with Crippen molar-refractivity contribution in [3.8, 4) is 11.8 Å². The summed E-state index contributed by atoms with van der Waals surface area (Å²) in [5.74, 6) is 0.888. The second-order valence-electron chi connectivity index (χ2n) is 5.92. The Hall–Kier alpha value is -1.73. The van der Waals surface area contributed by atoms with Gasteiger partial charge in [0.1, 0.15) is 5.75 Å². The molecule has 1 N–H and O–H groups in total. The van der Waals surface area contributed by atoms with Crippen LogP contribution in [0.25, 0.3) is 0 Å². The van der Waals surface area contributed by atoms with Crippen LogP contribution in [-0.4, -0.2) is 36.7 Å². The number of hydrogen-bond acceptors (Lipinski definition) is 4. The normalized spacial score (nSPS) is 24.5. The largest absolute Gasteiger partial charge is 0.493 e. The number of nitrogens with zero attached hydrogens (tertiary/aromatic N) is 2. The Kier molecular flexibility index (Phi) is 4.62. The van der Waals surface area contributed by atoms with E-state index in [-0.39, 0.29) is 0 Å². The number of anilines is 1. The molecular weight excluding hydrogens is 262 g/mol. The minimum absolute atomic E-state index is 0.553. The zero-order valence-corrected chi connectivity index (χ0v) is 12.4. The fraction of sp³-hybridized carbons (Fsp3) is 0.588. The molecule has 2 fully saturated rings. The van der Waals surface area contributed by atoms with Crippen LogP contribution < -0.4 is 10.1 Å². The summed E-state index contributed by atoms with van der Waals surface area (Å²) in [7, 11) is 0. The lowest BCUT2D eigenvalue weighted by Crippen LogP contribution is -2.33. The molecule has 4 nitrogen and oxygen atoms in total. The van der Waals surface area contributed by atoms with E-state index in [0.717, 1.165) is 17.9 Å². The molecule has 0 spiro atoms. The van der Waals surface area contributed by atoms with E-state index in [1.54, 1.807) is 0 Å². The van der Waals surface area contributed by atoms with Gasteiger partial charge in [-0.1, -0.05) is 6.07 Å². The molecule has 2 atom stereocenters. The van der Waals surface area contributed by atoms with Crippen molar-refractivity contribution < 1.29 is 4.74 Å². The molecule has 21 heavy (non-hydrogen) atoms. The lowest BCUT2D eigenvalue weighted by Gasteiger charge is -2.22. The van der Waals surface area contributed by atoms with Crippen LogP contribution in [0.3, 0.4) is 0 Å². The molecule has 2 aliphatic heterocycles. The van der Waals surface area contributed by atoms with Crippen molar-refractivity contribution in [3.05, 3.63) is 24.3 Å². The maximum absolute atomic E-state index is 8.52. The first-order chi connectivity index (χ1) is 10.4. The average Bonchev–Trinajstić information content (AvgIpc) is 3.09. The van der Waals surface area contributed by atoms with Crippen LogP contribution in [0.4, 0.5) is 5.69 Å². The van der Waals surface area contributed by atoms with E-state index in [1.165, 1.54) is 32.4 Å². The summed E-state index contributed by atoms with van der Waals surface area (Å²) in [4.78, 5) is 2.61. The third kappa shape index (κ3) is 3.48. The Balaban J connectivity index is 1.55. The maximum atomic E-state index is 8.52. The van der Waals surface area contributed by atoms with E-state index in [4.69, 9.17) is 10.00 Å². The molecular formula is C17H23N3O. The summed E-state index contributed by atoms with van der Waals surface area (Å²) in [6, 6.07) is 11.6. The van der Waals surface area contributed by atoms with Crippen molar-refractivity contribution in [2.45, 2.75) is 44.2 Å². The fourth-order valence-corrected chi connectivity index (χ4v) is 3.48. The van der Waals surface area contributed by atoms with E-state index in [0.29, 0.717) is 25.1 Å². The Morgan fingerprint density at radius 3 is 3.19 bits per heavy atom. The first-order valence-corrected chi connectivity index (χ1v) is 7.97. The highest BCUT2D eigenvalue weighted by Gasteiger charge is 2.36. The average molecular weight is 285 g/mol. The molecule has 2 unspecified atom stereocenters. The number of nitrogens with one attached hydrogen (secondary N) is 1. The van der Waals surface area contributed by atoms with Gasteiger partial charge in [0.05, 0.1) is 12.7 Å². The van der Waals surface area contributed by atoms with Gasteiger partial charge in [0, 0.05) is 36.8 Å². The van der Waals surface area contributed by atoms with Crippen LogP contribution in [-0.2, 0) is 0 Å². The van der Waals surface area contributed by atoms with Gasteiger partial charge in [-0.25, -0.2) is 0 Å². The van der Waals surface area contributed by atoms with Gasteiger partial charge >= 0.3 is 0 Å². The minimum Gasteiger partial charge on any atom is -0.493 e. The van der Waals surface area contributed by atoms with Crippen LogP contribution >= 0.6 is 0 Å². The molecule has 3 rings (SSSR count). The predicted molar refractivity (Wildman–Crippen MR) is 83.4 cm³/mol. The minimum atomic E-state index is 0.553. The summed E-state index contributed by atoms with van der Waals surface area (Å²) in [5.41, 5.74) is 1.14. The Morgan fingerprint density at radius 1 is 1.33 bits per heavy atom. The van der Waals surface area contributed by atoms with Crippen molar-refractivity contribution in [1.29, 1.82) is 5.26 Å². The molecule has 2 saturated heterocycles. The van der Waals surface area contributed by atoms with Crippen molar-refractivity contribution in [3.63, 3.8) is 0 Å². The van der Waals surface area contributed by atoms with Gasteiger partial charge in [-0.3, -0.25) is 4.90 Å².